The average Bonchev–Trinajstić information content (AvgIpc) is 3.32. The lowest BCUT2D eigenvalue weighted by Crippen LogP contribution is -2.33. The van der Waals surface area contributed by atoms with Gasteiger partial charge in [-0.05, 0) is 108 Å². The van der Waals surface area contributed by atoms with Gasteiger partial charge in [-0.15, -0.1) is 0 Å². The molecule has 1 aliphatic rings. The van der Waals surface area contributed by atoms with Gasteiger partial charge in [0.25, 0.3) is 0 Å². The molecule has 12 heteroatoms. The number of hydrogen-bond acceptors (Lipinski definition) is 6. The molecular weight excluding hydrogens is 549 g/mol. The lowest BCUT2D eigenvalue weighted by atomic mass is 9.90. The summed E-state index contributed by atoms with van der Waals surface area (Å²) >= 11 is 5.90. The van der Waals surface area contributed by atoms with Crippen molar-refractivity contribution in [2.75, 3.05) is 24.6 Å². The van der Waals surface area contributed by atoms with E-state index in [-0.39, 0.29) is 24.3 Å². The summed E-state index contributed by atoms with van der Waals surface area (Å²) in [7, 11) is 0. The van der Waals surface area contributed by atoms with Crippen molar-refractivity contribution in [3.8, 4) is 5.75 Å². The maximum Gasteiger partial charge on any atom is 0.416 e. The van der Waals surface area contributed by atoms with Crippen LogP contribution in [0, 0.1) is 16.0 Å². The molecule has 1 aromatic heterocycles. The molecule has 0 bridgehead atoms. The Morgan fingerprint density at radius 3 is 2.40 bits per heavy atom. The van der Waals surface area contributed by atoms with Gasteiger partial charge < -0.3 is 24.9 Å². The fourth-order valence-corrected chi connectivity index (χ4v) is 5.10. The molecule has 4 rings (SSSR count). The Morgan fingerprint density at radius 1 is 1.12 bits per heavy atom. The van der Waals surface area contributed by atoms with Crippen LogP contribution in [0.2, 0.25) is 5.28 Å². The highest BCUT2D eigenvalue weighted by atomic mass is 35.5. The number of nitrogens with zero attached hydrogens (tertiary/aromatic N) is 4. The zero-order valence-corrected chi connectivity index (χ0v) is 22.7. The standard InChI is InChI=1S/C28H32ClF3N4O4/c29-27-33-26(36(38)39)18-35(27)17-14-24(37)19-40-25-10-8-23(9-11-25)34-15-12-21(13-16-34)3-1-2-20-4-6-22(7-5-20)28(30,31)32/h4-11,18,21,24,37H,1-3,12-17,19H2. The maximum atomic E-state index is 12.7. The smallest absolute Gasteiger partial charge is 0.416 e. The van der Waals surface area contributed by atoms with Gasteiger partial charge in [-0.3, -0.25) is 4.57 Å². The molecule has 0 aliphatic carbocycles. The van der Waals surface area contributed by atoms with Gasteiger partial charge in [-0.1, -0.05) is 12.1 Å². The van der Waals surface area contributed by atoms with Crippen LogP contribution >= 0.6 is 11.6 Å². The molecule has 1 unspecified atom stereocenters. The Labute approximate surface area is 235 Å². The van der Waals surface area contributed by atoms with Gasteiger partial charge in [0.2, 0.25) is 0 Å². The molecule has 2 heterocycles. The number of hydrogen-bond donors (Lipinski definition) is 1. The predicted molar refractivity (Wildman–Crippen MR) is 146 cm³/mol. The van der Waals surface area contributed by atoms with Crippen molar-refractivity contribution in [2.24, 2.45) is 5.92 Å². The summed E-state index contributed by atoms with van der Waals surface area (Å²) in [6.07, 6.45) is 1.41. The summed E-state index contributed by atoms with van der Waals surface area (Å²) in [6, 6.07) is 13.2. The first-order valence-corrected chi connectivity index (χ1v) is 13.7. The van der Waals surface area contributed by atoms with Crippen molar-refractivity contribution >= 4 is 23.1 Å². The van der Waals surface area contributed by atoms with E-state index in [0.29, 0.717) is 18.1 Å². The molecule has 0 spiro atoms. The molecule has 1 N–H and O–H groups in total. The molecule has 8 nitrogen and oxygen atoms in total. The molecule has 1 fully saturated rings. The van der Waals surface area contributed by atoms with E-state index in [1.807, 2.05) is 24.3 Å². The fraction of sp³-hybridized carbons (Fsp3) is 0.464. The van der Waals surface area contributed by atoms with Gasteiger partial charge in [-0.25, -0.2) is 0 Å². The van der Waals surface area contributed by atoms with Gasteiger partial charge >= 0.3 is 17.3 Å². The number of aliphatic hydroxyl groups is 1. The van der Waals surface area contributed by atoms with E-state index >= 15 is 0 Å². The second-order valence-electron chi connectivity index (χ2n) is 10.1. The summed E-state index contributed by atoms with van der Waals surface area (Å²) in [5.41, 5.74) is 1.44. The van der Waals surface area contributed by atoms with Crippen LogP contribution in [0.25, 0.3) is 0 Å². The van der Waals surface area contributed by atoms with E-state index in [0.717, 1.165) is 68.6 Å². The van der Waals surface area contributed by atoms with E-state index in [9.17, 15) is 28.4 Å². The molecule has 40 heavy (non-hydrogen) atoms. The third kappa shape index (κ3) is 8.34. The third-order valence-electron chi connectivity index (χ3n) is 7.22. The van der Waals surface area contributed by atoms with Crippen LogP contribution in [0.3, 0.4) is 0 Å². The Morgan fingerprint density at radius 2 is 1.80 bits per heavy atom. The Bertz CT molecular complexity index is 1240. The van der Waals surface area contributed by atoms with Crippen molar-refractivity contribution in [1.29, 1.82) is 0 Å². The third-order valence-corrected chi connectivity index (χ3v) is 7.52. The number of nitro groups is 1. The predicted octanol–water partition coefficient (Wildman–Crippen LogP) is 6.53. The van der Waals surface area contributed by atoms with Crippen LogP contribution in [0.5, 0.6) is 5.75 Å². The van der Waals surface area contributed by atoms with Crippen LogP contribution < -0.4 is 9.64 Å². The minimum Gasteiger partial charge on any atom is -0.491 e. The first kappa shape index (κ1) is 29.7. The van der Waals surface area contributed by atoms with E-state index in [4.69, 9.17) is 16.3 Å². The second kappa shape index (κ2) is 13.4. The first-order chi connectivity index (χ1) is 19.1. The normalized spacial score (nSPS) is 15.3. The maximum absolute atomic E-state index is 12.7. The number of aromatic nitrogens is 2. The van der Waals surface area contributed by atoms with E-state index in [1.165, 1.54) is 10.8 Å². The van der Waals surface area contributed by atoms with Crippen molar-refractivity contribution in [3.63, 3.8) is 0 Å². The molecule has 1 aliphatic heterocycles. The number of benzene rings is 2. The van der Waals surface area contributed by atoms with Crippen LogP contribution in [0.15, 0.2) is 54.7 Å². The SMILES string of the molecule is O=[N+]([O-])c1cn(CCC(O)COc2ccc(N3CCC(CCCc4ccc(C(F)(F)F)cc4)CC3)cc2)c(Cl)n1. The molecule has 2 aromatic carbocycles. The van der Waals surface area contributed by atoms with Gasteiger partial charge in [0.1, 0.15) is 18.6 Å². The molecule has 1 atom stereocenters. The number of halogens is 4. The zero-order chi connectivity index (χ0) is 28.7. The summed E-state index contributed by atoms with van der Waals surface area (Å²) < 4.78 is 45.3. The Balaban J connectivity index is 1.14. The largest absolute Gasteiger partial charge is 0.491 e. The van der Waals surface area contributed by atoms with E-state index in [2.05, 4.69) is 9.88 Å². The summed E-state index contributed by atoms with van der Waals surface area (Å²) in [5, 5.41) is 21.0. The van der Waals surface area contributed by atoms with E-state index in [1.54, 1.807) is 12.1 Å². The highest BCUT2D eigenvalue weighted by molar-refractivity contribution is 6.28. The number of rotatable bonds is 12. The molecule has 216 valence electrons. The number of piperidine rings is 1. The molecule has 1 saturated heterocycles. The van der Waals surface area contributed by atoms with Crippen LogP contribution in [0.4, 0.5) is 24.7 Å². The minimum absolute atomic E-state index is 0.00223. The fourth-order valence-electron chi connectivity index (χ4n) is 4.88. The van der Waals surface area contributed by atoms with Gasteiger partial charge in [0.05, 0.1) is 11.7 Å². The molecule has 0 radical (unpaired) electrons. The first-order valence-electron chi connectivity index (χ1n) is 13.3. The topological polar surface area (TPSA) is 93.7 Å². The number of imidazole rings is 1. The summed E-state index contributed by atoms with van der Waals surface area (Å²) in [4.78, 5) is 16.2. The van der Waals surface area contributed by atoms with Crippen molar-refractivity contribution in [2.45, 2.75) is 57.3 Å². The van der Waals surface area contributed by atoms with Crippen molar-refractivity contribution in [3.05, 3.63) is 81.3 Å². The Hall–Kier alpha value is -3.31. The van der Waals surface area contributed by atoms with Crippen molar-refractivity contribution in [1.82, 2.24) is 9.55 Å². The van der Waals surface area contributed by atoms with Crippen LogP contribution in [-0.4, -0.2) is 45.4 Å². The molecule has 0 saturated carbocycles. The number of aliphatic hydroxyl groups excluding tert-OH is 1. The number of alkyl halides is 3. The van der Waals surface area contributed by atoms with Gasteiger partial charge in [0.15, 0.2) is 0 Å². The molecule has 3 aromatic rings. The highest BCUT2D eigenvalue weighted by Crippen LogP contribution is 2.30. The van der Waals surface area contributed by atoms with Gasteiger partial charge in [-0.2, -0.15) is 13.2 Å². The lowest BCUT2D eigenvalue weighted by Gasteiger charge is -2.33. The number of aryl methyl sites for hydroxylation is 2. The molecular formula is C28H32ClF3N4O4. The number of ether oxygens (including phenoxy) is 1. The second-order valence-corrected chi connectivity index (χ2v) is 10.4. The molecule has 0 amide bonds. The minimum atomic E-state index is -4.30. The van der Waals surface area contributed by atoms with Crippen molar-refractivity contribution < 1.29 is 27.9 Å². The van der Waals surface area contributed by atoms with Crippen LogP contribution in [0.1, 0.15) is 43.2 Å². The Kier molecular flexibility index (Phi) is 9.91. The quantitative estimate of drug-likeness (QED) is 0.193. The summed E-state index contributed by atoms with van der Waals surface area (Å²) in [6.45, 7) is 2.23. The van der Waals surface area contributed by atoms with Gasteiger partial charge in [0, 0.05) is 25.3 Å². The number of anilines is 1. The monoisotopic (exact) mass is 580 g/mol. The summed E-state index contributed by atoms with van der Waals surface area (Å²) in [5.74, 6) is 0.909. The van der Waals surface area contributed by atoms with Crippen LogP contribution in [-0.2, 0) is 19.1 Å². The zero-order valence-electron chi connectivity index (χ0n) is 21.9. The average molecular weight is 581 g/mol. The highest BCUT2D eigenvalue weighted by Gasteiger charge is 2.30. The lowest BCUT2D eigenvalue weighted by molar-refractivity contribution is -0.389. The van der Waals surface area contributed by atoms with E-state index < -0.39 is 22.8 Å².